The van der Waals surface area contributed by atoms with E-state index in [0.29, 0.717) is 0 Å². The molecule has 2 fully saturated rings. The van der Waals surface area contributed by atoms with Gasteiger partial charge in [0.25, 0.3) is 0 Å². The Hall–Kier alpha value is -0.520. The molecule has 2 aliphatic carbocycles. The molecule has 0 aromatic carbocycles. The molecule has 0 nitrogen and oxygen atoms in total. The van der Waals surface area contributed by atoms with Gasteiger partial charge in [0.15, 0.2) is 0 Å². The molecule has 2 aliphatic rings. The Morgan fingerprint density at radius 3 is 2.11 bits per heavy atom. The molecule has 18 heavy (non-hydrogen) atoms. The lowest BCUT2D eigenvalue weighted by Gasteiger charge is -2.22. The van der Waals surface area contributed by atoms with Crippen LogP contribution < -0.4 is 0 Å². The Morgan fingerprint density at radius 2 is 1.56 bits per heavy atom. The molecule has 0 unspecified atom stereocenters. The van der Waals surface area contributed by atoms with Crippen LogP contribution in [0.15, 0.2) is 23.8 Å². The minimum absolute atomic E-state index is 0.935. The molecule has 0 heterocycles. The Bertz CT molecular complexity index is 285. The van der Waals surface area contributed by atoms with Gasteiger partial charge in [0.1, 0.15) is 0 Å². The summed E-state index contributed by atoms with van der Waals surface area (Å²) in [6, 6.07) is 0. The van der Waals surface area contributed by atoms with E-state index in [2.05, 4.69) is 19.6 Å². The maximum Gasteiger partial charge on any atom is -0.0201 e. The quantitative estimate of drug-likeness (QED) is 0.396. The van der Waals surface area contributed by atoms with Crippen LogP contribution in [0.2, 0.25) is 0 Å². The van der Waals surface area contributed by atoms with Crippen LogP contribution in [0.3, 0.4) is 0 Å². The van der Waals surface area contributed by atoms with Gasteiger partial charge in [-0.05, 0) is 63.7 Å². The Morgan fingerprint density at radius 1 is 1.00 bits per heavy atom. The molecule has 0 aromatic heterocycles. The first-order chi connectivity index (χ1) is 8.83. The molecule has 102 valence electrons. The molecule has 2 rings (SSSR count). The zero-order valence-corrected chi connectivity index (χ0v) is 12.2. The van der Waals surface area contributed by atoms with Crippen LogP contribution in [0, 0.1) is 11.8 Å². The third-order valence-corrected chi connectivity index (χ3v) is 5.18. The van der Waals surface area contributed by atoms with E-state index in [1.54, 1.807) is 5.57 Å². The fourth-order valence-electron chi connectivity index (χ4n) is 4.06. The van der Waals surface area contributed by atoms with Crippen molar-refractivity contribution in [1.29, 1.82) is 0 Å². The third-order valence-electron chi connectivity index (χ3n) is 5.18. The second-order valence-electron chi connectivity index (χ2n) is 6.35. The van der Waals surface area contributed by atoms with Gasteiger partial charge in [0.05, 0.1) is 0 Å². The molecule has 0 amide bonds. The highest BCUT2D eigenvalue weighted by atomic mass is 14.3. The number of hydrogen-bond acceptors (Lipinski definition) is 0. The summed E-state index contributed by atoms with van der Waals surface area (Å²) in [5.74, 6) is 1.87. The van der Waals surface area contributed by atoms with Crippen LogP contribution in [-0.2, 0) is 0 Å². The topological polar surface area (TPSA) is 0 Å². The minimum atomic E-state index is 0.935. The summed E-state index contributed by atoms with van der Waals surface area (Å²) in [5.41, 5.74) is 3.66. The monoisotopic (exact) mass is 246 g/mol. The molecule has 0 spiro atoms. The summed E-state index contributed by atoms with van der Waals surface area (Å²) < 4.78 is 0. The van der Waals surface area contributed by atoms with Gasteiger partial charge in [-0.2, -0.15) is 0 Å². The van der Waals surface area contributed by atoms with Gasteiger partial charge >= 0.3 is 0 Å². The summed E-state index contributed by atoms with van der Waals surface area (Å²) in [6.45, 7) is 6.32. The average molecular weight is 246 g/mol. The number of rotatable bonds is 6. The number of allylic oxidation sites excluding steroid dienone is 3. The van der Waals surface area contributed by atoms with Gasteiger partial charge in [-0.15, -0.1) is 6.58 Å². The summed E-state index contributed by atoms with van der Waals surface area (Å²) in [6.07, 6.45) is 17.7. The van der Waals surface area contributed by atoms with Crippen LogP contribution in [0.25, 0.3) is 0 Å². The molecule has 0 atom stereocenters. The lowest BCUT2D eigenvalue weighted by Crippen LogP contribution is -2.07. The lowest BCUT2D eigenvalue weighted by molar-refractivity contribution is 0.553. The van der Waals surface area contributed by atoms with Crippen molar-refractivity contribution in [2.75, 3.05) is 0 Å². The molecular weight excluding hydrogens is 216 g/mol. The third kappa shape index (κ3) is 3.49. The summed E-state index contributed by atoms with van der Waals surface area (Å²) in [4.78, 5) is 0. The van der Waals surface area contributed by atoms with Crippen LogP contribution in [0.4, 0.5) is 0 Å². The Labute approximate surface area is 114 Å². The first-order valence-electron chi connectivity index (χ1n) is 8.13. The van der Waals surface area contributed by atoms with E-state index in [1.807, 2.05) is 5.57 Å². The predicted octanol–water partition coefficient (Wildman–Crippen LogP) is 6.04. The molecule has 2 saturated carbocycles. The summed E-state index contributed by atoms with van der Waals surface area (Å²) in [7, 11) is 0. The second kappa shape index (κ2) is 7.16. The highest BCUT2D eigenvalue weighted by Gasteiger charge is 2.25. The van der Waals surface area contributed by atoms with E-state index in [1.165, 1.54) is 70.6 Å². The van der Waals surface area contributed by atoms with Crippen molar-refractivity contribution in [3.05, 3.63) is 23.8 Å². The maximum absolute atomic E-state index is 3.86. The molecule has 0 heteroatoms. The van der Waals surface area contributed by atoms with E-state index in [9.17, 15) is 0 Å². The SMILES string of the molecule is C=CCCC/C(=C(\C)C1CCCC1)C1CCCC1. The first kappa shape index (κ1) is 13.9. The summed E-state index contributed by atoms with van der Waals surface area (Å²) in [5, 5.41) is 0. The fourth-order valence-corrected chi connectivity index (χ4v) is 4.06. The minimum Gasteiger partial charge on any atom is -0.103 e. The Kier molecular flexibility index (Phi) is 5.53. The van der Waals surface area contributed by atoms with Gasteiger partial charge in [-0.3, -0.25) is 0 Å². The van der Waals surface area contributed by atoms with E-state index < -0.39 is 0 Å². The second-order valence-corrected chi connectivity index (χ2v) is 6.35. The van der Waals surface area contributed by atoms with Crippen molar-refractivity contribution in [3.63, 3.8) is 0 Å². The zero-order chi connectivity index (χ0) is 12.8. The molecule has 0 N–H and O–H groups in total. The van der Waals surface area contributed by atoms with Crippen molar-refractivity contribution in [3.8, 4) is 0 Å². The zero-order valence-electron chi connectivity index (χ0n) is 12.2. The van der Waals surface area contributed by atoms with Gasteiger partial charge in [-0.1, -0.05) is 42.9 Å². The van der Waals surface area contributed by atoms with Crippen molar-refractivity contribution < 1.29 is 0 Å². The molecule has 0 radical (unpaired) electrons. The van der Waals surface area contributed by atoms with E-state index in [-0.39, 0.29) is 0 Å². The van der Waals surface area contributed by atoms with Crippen molar-refractivity contribution >= 4 is 0 Å². The number of unbranched alkanes of at least 4 members (excludes halogenated alkanes) is 1. The molecular formula is C18H30. The van der Waals surface area contributed by atoms with E-state index in [0.717, 1.165) is 11.8 Å². The molecule has 0 aromatic rings. The van der Waals surface area contributed by atoms with Crippen LogP contribution >= 0.6 is 0 Å². The van der Waals surface area contributed by atoms with Gasteiger partial charge < -0.3 is 0 Å². The predicted molar refractivity (Wildman–Crippen MR) is 80.7 cm³/mol. The van der Waals surface area contributed by atoms with Gasteiger partial charge in [0.2, 0.25) is 0 Å². The largest absolute Gasteiger partial charge is 0.103 e. The average Bonchev–Trinajstić information content (AvgIpc) is 3.05. The first-order valence-corrected chi connectivity index (χ1v) is 8.13. The molecule has 0 aliphatic heterocycles. The summed E-state index contributed by atoms with van der Waals surface area (Å²) >= 11 is 0. The van der Waals surface area contributed by atoms with E-state index >= 15 is 0 Å². The Balaban J connectivity index is 2.05. The normalized spacial score (nSPS) is 23.4. The highest BCUT2D eigenvalue weighted by Crippen LogP contribution is 2.40. The van der Waals surface area contributed by atoms with Crippen molar-refractivity contribution in [1.82, 2.24) is 0 Å². The molecule has 0 bridgehead atoms. The fraction of sp³-hybridized carbons (Fsp3) is 0.778. The van der Waals surface area contributed by atoms with Crippen LogP contribution in [0.5, 0.6) is 0 Å². The van der Waals surface area contributed by atoms with Crippen molar-refractivity contribution in [2.24, 2.45) is 11.8 Å². The standard InChI is InChI=1S/C18H30/c1-3-4-5-14-18(17-12-8-9-13-17)15(2)16-10-6-7-11-16/h3,16-17H,1,4-14H2,2H3/b18-15-. The number of hydrogen-bond donors (Lipinski definition) is 0. The lowest BCUT2D eigenvalue weighted by atomic mass is 9.84. The van der Waals surface area contributed by atoms with Gasteiger partial charge in [0, 0.05) is 0 Å². The smallest absolute Gasteiger partial charge is 0.0201 e. The van der Waals surface area contributed by atoms with Gasteiger partial charge in [-0.25, -0.2) is 0 Å². The van der Waals surface area contributed by atoms with Crippen LogP contribution in [-0.4, -0.2) is 0 Å². The van der Waals surface area contributed by atoms with Crippen molar-refractivity contribution in [2.45, 2.75) is 77.6 Å². The molecule has 0 saturated heterocycles. The highest BCUT2D eigenvalue weighted by molar-refractivity contribution is 5.20. The van der Waals surface area contributed by atoms with E-state index in [4.69, 9.17) is 0 Å². The van der Waals surface area contributed by atoms with Crippen LogP contribution in [0.1, 0.15) is 77.6 Å². The maximum atomic E-state index is 3.86.